The maximum absolute atomic E-state index is 10.9. The van der Waals surface area contributed by atoms with Crippen LogP contribution in [0.4, 0.5) is 0 Å². The van der Waals surface area contributed by atoms with Crippen molar-refractivity contribution in [3.63, 3.8) is 0 Å². The number of hydrogen-bond donors (Lipinski definition) is 1. The van der Waals surface area contributed by atoms with E-state index in [1.165, 1.54) is 23.7 Å². The topological polar surface area (TPSA) is 72.6 Å². The number of carbonyl (C=O) groups is 1. The van der Waals surface area contributed by atoms with E-state index in [1.807, 2.05) is 29.6 Å². The van der Waals surface area contributed by atoms with Crippen LogP contribution < -0.4 is 4.74 Å². The van der Waals surface area contributed by atoms with Crippen LogP contribution >= 0.6 is 11.3 Å². The number of hydrogen-bond acceptors (Lipinski definition) is 5. The van der Waals surface area contributed by atoms with Crippen LogP contribution in [0.25, 0.3) is 22.0 Å². The summed E-state index contributed by atoms with van der Waals surface area (Å²) in [5, 5.41) is 11.5. The Kier molecular flexibility index (Phi) is 3.45. The standard InChI is InChI=1S/C15H11NO4S/c1-19-12-5-3-2-4-10(12)14-16-11(8-21-14)13-6-9(7-20-13)15(17)18/h2-8H,1H3,(H,17,18). The van der Waals surface area contributed by atoms with Gasteiger partial charge in [-0.3, -0.25) is 0 Å². The SMILES string of the molecule is COc1ccccc1-c1nc(-c2cc(C(=O)O)co2)cs1. The molecule has 0 spiro atoms. The summed E-state index contributed by atoms with van der Waals surface area (Å²) in [6, 6.07) is 9.05. The Bertz CT molecular complexity index is 790. The molecule has 0 saturated heterocycles. The van der Waals surface area contributed by atoms with Gasteiger partial charge in [-0.15, -0.1) is 11.3 Å². The molecule has 0 radical (unpaired) electrons. The van der Waals surface area contributed by atoms with E-state index >= 15 is 0 Å². The van der Waals surface area contributed by atoms with E-state index in [4.69, 9.17) is 14.3 Å². The summed E-state index contributed by atoms with van der Waals surface area (Å²) in [6.45, 7) is 0. The van der Waals surface area contributed by atoms with Crippen molar-refractivity contribution in [2.75, 3.05) is 7.11 Å². The molecule has 0 aliphatic rings. The summed E-state index contributed by atoms with van der Waals surface area (Å²) < 4.78 is 10.6. The number of methoxy groups -OCH3 is 1. The highest BCUT2D eigenvalue weighted by atomic mass is 32.1. The average Bonchev–Trinajstić information content (AvgIpc) is 3.16. The van der Waals surface area contributed by atoms with Crippen molar-refractivity contribution in [2.24, 2.45) is 0 Å². The number of ether oxygens (including phenoxy) is 1. The molecule has 0 aliphatic carbocycles. The number of benzene rings is 1. The van der Waals surface area contributed by atoms with Gasteiger partial charge in [0.25, 0.3) is 0 Å². The van der Waals surface area contributed by atoms with Gasteiger partial charge in [0.2, 0.25) is 0 Å². The van der Waals surface area contributed by atoms with Gasteiger partial charge in [0.1, 0.15) is 22.7 Å². The lowest BCUT2D eigenvalue weighted by molar-refractivity contribution is 0.0696. The van der Waals surface area contributed by atoms with Crippen LogP contribution in [0.5, 0.6) is 5.75 Å². The minimum atomic E-state index is -1.02. The lowest BCUT2D eigenvalue weighted by Crippen LogP contribution is -1.91. The number of carboxylic acid groups (broad SMARTS) is 1. The Labute approximate surface area is 124 Å². The molecule has 3 aromatic rings. The van der Waals surface area contributed by atoms with Crippen LogP contribution in [0.1, 0.15) is 10.4 Å². The lowest BCUT2D eigenvalue weighted by atomic mass is 10.2. The first-order valence-corrected chi connectivity index (χ1v) is 6.98. The van der Waals surface area contributed by atoms with Crippen molar-refractivity contribution in [2.45, 2.75) is 0 Å². The number of carboxylic acids is 1. The summed E-state index contributed by atoms with van der Waals surface area (Å²) in [5.74, 6) is 0.152. The highest BCUT2D eigenvalue weighted by molar-refractivity contribution is 7.13. The summed E-state index contributed by atoms with van der Waals surface area (Å²) >= 11 is 1.45. The molecule has 2 aromatic heterocycles. The first-order valence-electron chi connectivity index (χ1n) is 6.10. The van der Waals surface area contributed by atoms with E-state index in [1.54, 1.807) is 7.11 Å². The maximum atomic E-state index is 10.9. The number of thiazole rings is 1. The van der Waals surface area contributed by atoms with Crippen LogP contribution in [0.15, 0.2) is 46.4 Å². The summed E-state index contributed by atoms with van der Waals surface area (Å²) in [4.78, 5) is 15.3. The van der Waals surface area contributed by atoms with E-state index in [0.29, 0.717) is 11.5 Å². The highest BCUT2D eigenvalue weighted by Crippen LogP contribution is 2.34. The van der Waals surface area contributed by atoms with Crippen LogP contribution in [0.3, 0.4) is 0 Å². The average molecular weight is 301 g/mol. The van der Waals surface area contributed by atoms with Crippen LogP contribution in [0, 0.1) is 0 Å². The third-order valence-corrected chi connectivity index (χ3v) is 3.82. The van der Waals surface area contributed by atoms with Gasteiger partial charge in [-0.05, 0) is 12.1 Å². The molecule has 0 aliphatic heterocycles. The quantitative estimate of drug-likeness (QED) is 0.794. The predicted molar refractivity (Wildman–Crippen MR) is 78.8 cm³/mol. The van der Waals surface area contributed by atoms with Crippen LogP contribution in [0.2, 0.25) is 0 Å². The number of aromatic carboxylic acids is 1. The van der Waals surface area contributed by atoms with Crippen LogP contribution in [-0.4, -0.2) is 23.2 Å². The van der Waals surface area contributed by atoms with Crippen LogP contribution in [-0.2, 0) is 0 Å². The van der Waals surface area contributed by atoms with Gasteiger partial charge >= 0.3 is 5.97 Å². The normalized spacial score (nSPS) is 10.5. The molecule has 3 rings (SSSR count). The molecule has 0 saturated carbocycles. The zero-order valence-electron chi connectivity index (χ0n) is 11.1. The second kappa shape index (κ2) is 5.41. The molecular weight excluding hydrogens is 290 g/mol. The third-order valence-electron chi connectivity index (χ3n) is 2.94. The van der Waals surface area contributed by atoms with Gasteiger partial charge in [-0.1, -0.05) is 12.1 Å². The minimum absolute atomic E-state index is 0.108. The number of para-hydroxylation sites is 1. The lowest BCUT2D eigenvalue weighted by Gasteiger charge is -2.04. The number of rotatable bonds is 4. The molecular formula is C15H11NO4S. The van der Waals surface area contributed by atoms with Crippen molar-refractivity contribution in [1.82, 2.24) is 4.98 Å². The second-order valence-electron chi connectivity index (χ2n) is 4.24. The third kappa shape index (κ3) is 2.53. The molecule has 106 valence electrons. The fourth-order valence-corrected chi connectivity index (χ4v) is 2.75. The zero-order chi connectivity index (χ0) is 14.8. The van der Waals surface area contributed by atoms with Crippen molar-refractivity contribution in [3.8, 4) is 27.8 Å². The fourth-order valence-electron chi connectivity index (χ4n) is 1.91. The van der Waals surface area contributed by atoms with Crippen molar-refractivity contribution >= 4 is 17.3 Å². The summed E-state index contributed by atoms with van der Waals surface area (Å²) in [5.41, 5.74) is 1.60. The molecule has 0 bridgehead atoms. The molecule has 6 heteroatoms. The minimum Gasteiger partial charge on any atom is -0.496 e. The Morgan fingerprint density at radius 2 is 2.19 bits per heavy atom. The Hall–Kier alpha value is -2.60. The van der Waals surface area contributed by atoms with Gasteiger partial charge < -0.3 is 14.3 Å². The summed E-state index contributed by atoms with van der Waals surface area (Å²) in [7, 11) is 1.61. The smallest absolute Gasteiger partial charge is 0.338 e. The molecule has 0 unspecified atom stereocenters. The van der Waals surface area contributed by atoms with Crippen molar-refractivity contribution in [1.29, 1.82) is 0 Å². The maximum Gasteiger partial charge on any atom is 0.338 e. The largest absolute Gasteiger partial charge is 0.496 e. The fraction of sp³-hybridized carbons (Fsp3) is 0.0667. The van der Waals surface area contributed by atoms with E-state index in [2.05, 4.69) is 4.98 Å². The van der Waals surface area contributed by atoms with Crippen molar-refractivity contribution < 1.29 is 19.1 Å². The Morgan fingerprint density at radius 1 is 1.38 bits per heavy atom. The first kappa shape index (κ1) is 13.4. The van der Waals surface area contributed by atoms with E-state index < -0.39 is 5.97 Å². The molecule has 0 amide bonds. The summed E-state index contributed by atoms with van der Waals surface area (Å²) in [6.07, 6.45) is 1.21. The monoisotopic (exact) mass is 301 g/mol. The highest BCUT2D eigenvalue weighted by Gasteiger charge is 2.14. The number of nitrogens with zero attached hydrogens (tertiary/aromatic N) is 1. The molecule has 1 aromatic carbocycles. The van der Waals surface area contributed by atoms with Gasteiger partial charge in [0.15, 0.2) is 5.76 Å². The zero-order valence-corrected chi connectivity index (χ0v) is 11.9. The Morgan fingerprint density at radius 3 is 2.90 bits per heavy atom. The molecule has 2 heterocycles. The molecule has 5 nitrogen and oxygen atoms in total. The molecule has 0 atom stereocenters. The van der Waals surface area contributed by atoms with Gasteiger partial charge in [-0.25, -0.2) is 9.78 Å². The number of aromatic nitrogens is 1. The second-order valence-corrected chi connectivity index (χ2v) is 5.10. The molecule has 0 fully saturated rings. The van der Waals surface area contributed by atoms with Crippen molar-refractivity contribution in [3.05, 3.63) is 47.5 Å². The van der Waals surface area contributed by atoms with Gasteiger partial charge in [0, 0.05) is 11.4 Å². The van der Waals surface area contributed by atoms with Gasteiger partial charge in [0.05, 0.1) is 18.2 Å². The molecule has 21 heavy (non-hydrogen) atoms. The van der Waals surface area contributed by atoms with E-state index in [-0.39, 0.29) is 5.56 Å². The van der Waals surface area contributed by atoms with E-state index in [0.717, 1.165) is 16.3 Å². The molecule has 1 N–H and O–H groups in total. The predicted octanol–water partition coefficient (Wildman–Crippen LogP) is 3.78. The van der Waals surface area contributed by atoms with Gasteiger partial charge in [-0.2, -0.15) is 0 Å². The first-order chi connectivity index (χ1) is 10.2. The van der Waals surface area contributed by atoms with E-state index in [9.17, 15) is 4.79 Å². The number of furan rings is 1. The Balaban J connectivity index is 1.97.